The van der Waals surface area contributed by atoms with Gasteiger partial charge in [0, 0.05) is 29.4 Å². The highest BCUT2D eigenvalue weighted by Crippen LogP contribution is 2.34. The standard InChI is InChI=1S/C18H24N2O/c1-4-19-18(14(3)16-11-8-9-13-20-16)15-10-6-7-12-17(15)21-5-2/h6-14,18-19H,4-5H2,1-3H3. The van der Waals surface area contributed by atoms with E-state index in [1.807, 2.05) is 37.4 Å². The van der Waals surface area contributed by atoms with Crippen molar-refractivity contribution < 1.29 is 4.74 Å². The topological polar surface area (TPSA) is 34.1 Å². The third-order valence-corrected chi connectivity index (χ3v) is 3.63. The lowest BCUT2D eigenvalue weighted by Gasteiger charge is -2.26. The van der Waals surface area contributed by atoms with Crippen molar-refractivity contribution in [3.63, 3.8) is 0 Å². The van der Waals surface area contributed by atoms with Crippen molar-refractivity contribution in [2.24, 2.45) is 0 Å². The van der Waals surface area contributed by atoms with Crippen LogP contribution in [0.25, 0.3) is 0 Å². The molecule has 0 bridgehead atoms. The molecule has 2 unspecified atom stereocenters. The quantitative estimate of drug-likeness (QED) is 0.836. The van der Waals surface area contributed by atoms with Crippen LogP contribution < -0.4 is 10.1 Å². The van der Waals surface area contributed by atoms with Gasteiger partial charge in [-0.2, -0.15) is 0 Å². The fourth-order valence-corrected chi connectivity index (χ4v) is 2.62. The largest absolute Gasteiger partial charge is 0.494 e. The van der Waals surface area contributed by atoms with Gasteiger partial charge in [0.15, 0.2) is 0 Å². The maximum absolute atomic E-state index is 5.79. The first-order valence-corrected chi connectivity index (χ1v) is 7.64. The van der Waals surface area contributed by atoms with Crippen LogP contribution in [0.15, 0.2) is 48.7 Å². The maximum atomic E-state index is 5.79. The lowest BCUT2D eigenvalue weighted by Crippen LogP contribution is -2.26. The van der Waals surface area contributed by atoms with Crippen molar-refractivity contribution in [3.05, 3.63) is 59.9 Å². The molecule has 3 nitrogen and oxygen atoms in total. The SMILES string of the molecule is CCNC(c1ccccc1OCC)C(C)c1ccccn1. The van der Waals surface area contributed by atoms with Crippen molar-refractivity contribution >= 4 is 0 Å². The van der Waals surface area contributed by atoms with E-state index >= 15 is 0 Å². The van der Waals surface area contributed by atoms with Crippen LogP contribution in [0.5, 0.6) is 5.75 Å². The summed E-state index contributed by atoms with van der Waals surface area (Å²) in [5.74, 6) is 1.22. The van der Waals surface area contributed by atoms with Crippen LogP contribution in [0.2, 0.25) is 0 Å². The summed E-state index contributed by atoms with van der Waals surface area (Å²) in [4.78, 5) is 4.50. The summed E-state index contributed by atoms with van der Waals surface area (Å²) in [5, 5.41) is 3.58. The van der Waals surface area contributed by atoms with Gasteiger partial charge in [-0.15, -0.1) is 0 Å². The minimum absolute atomic E-state index is 0.188. The van der Waals surface area contributed by atoms with Crippen molar-refractivity contribution in [3.8, 4) is 5.75 Å². The van der Waals surface area contributed by atoms with E-state index in [9.17, 15) is 0 Å². The summed E-state index contributed by atoms with van der Waals surface area (Å²) >= 11 is 0. The second-order valence-electron chi connectivity index (χ2n) is 5.05. The zero-order chi connectivity index (χ0) is 15.1. The third kappa shape index (κ3) is 3.82. The fourth-order valence-electron chi connectivity index (χ4n) is 2.62. The van der Waals surface area contributed by atoms with Gasteiger partial charge in [0.25, 0.3) is 0 Å². The van der Waals surface area contributed by atoms with E-state index in [-0.39, 0.29) is 12.0 Å². The number of para-hydroxylation sites is 1. The number of hydrogen-bond donors (Lipinski definition) is 1. The molecule has 1 N–H and O–H groups in total. The van der Waals surface area contributed by atoms with Gasteiger partial charge in [0.2, 0.25) is 0 Å². The number of aromatic nitrogens is 1. The van der Waals surface area contributed by atoms with Crippen molar-refractivity contribution in [2.45, 2.75) is 32.7 Å². The van der Waals surface area contributed by atoms with E-state index in [1.54, 1.807) is 0 Å². The first kappa shape index (κ1) is 15.5. The first-order chi connectivity index (χ1) is 10.3. The lowest BCUT2D eigenvalue weighted by molar-refractivity contribution is 0.328. The zero-order valence-electron chi connectivity index (χ0n) is 13.0. The van der Waals surface area contributed by atoms with Crippen LogP contribution >= 0.6 is 0 Å². The minimum atomic E-state index is 0.188. The molecule has 112 valence electrons. The predicted molar refractivity (Wildman–Crippen MR) is 86.7 cm³/mol. The molecule has 0 aliphatic carbocycles. The highest BCUT2D eigenvalue weighted by atomic mass is 16.5. The average molecular weight is 284 g/mol. The lowest BCUT2D eigenvalue weighted by atomic mass is 9.90. The summed E-state index contributed by atoms with van der Waals surface area (Å²) in [6.45, 7) is 7.93. The normalized spacial score (nSPS) is 13.7. The van der Waals surface area contributed by atoms with Crippen LogP contribution in [0, 0.1) is 0 Å². The van der Waals surface area contributed by atoms with Gasteiger partial charge in [-0.25, -0.2) is 0 Å². The van der Waals surface area contributed by atoms with E-state index in [0.717, 1.165) is 18.0 Å². The number of pyridine rings is 1. The molecule has 3 heteroatoms. The van der Waals surface area contributed by atoms with Crippen molar-refractivity contribution in [1.82, 2.24) is 10.3 Å². The molecule has 0 spiro atoms. The molecular weight excluding hydrogens is 260 g/mol. The molecule has 0 fully saturated rings. The highest BCUT2D eigenvalue weighted by Gasteiger charge is 2.23. The molecule has 2 atom stereocenters. The van der Waals surface area contributed by atoms with E-state index < -0.39 is 0 Å². The monoisotopic (exact) mass is 284 g/mol. The van der Waals surface area contributed by atoms with Crippen LogP contribution in [0.4, 0.5) is 0 Å². The third-order valence-electron chi connectivity index (χ3n) is 3.63. The van der Waals surface area contributed by atoms with E-state index in [0.29, 0.717) is 6.61 Å². The molecule has 1 aromatic heterocycles. The maximum Gasteiger partial charge on any atom is 0.124 e. The van der Waals surface area contributed by atoms with Gasteiger partial charge in [-0.05, 0) is 31.7 Å². The number of hydrogen-bond acceptors (Lipinski definition) is 3. The number of benzene rings is 1. The molecule has 2 aromatic rings. The van der Waals surface area contributed by atoms with Crippen LogP contribution in [0.1, 0.15) is 44.0 Å². The number of nitrogens with zero attached hydrogens (tertiary/aromatic N) is 1. The van der Waals surface area contributed by atoms with E-state index in [1.165, 1.54) is 5.56 Å². The smallest absolute Gasteiger partial charge is 0.124 e. The highest BCUT2D eigenvalue weighted by molar-refractivity contribution is 5.38. The Hall–Kier alpha value is -1.87. The van der Waals surface area contributed by atoms with Gasteiger partial charge in [-0.3, -0.25) is 4.98 Å². The van der Waals surface area contributed by atoms with Crippen LogP contribution in [-0.4, -0.2) is 18.1 Å². The Morgan fingerprint density at radius 2 is 1.86 bits per heavy atom. The van der Waals surface area contributed by atoms with Crippen molar-refractivity contribution in [1.29, 1.82) is 0 Å². The summed E-state index contributed by atoms with van der Waals surface area (Å²) < 4.78 is 5.79. The minimum Gasteiger partial charge on any atom is -0.494 e. The van der Waals surface area contributed by atoms with Crippen molar-refractivity contribution in [2.75, 3.05) is 13.2 Å². The van der Waals surface area contributed by atoms with Gasteiger partial charge < -0.3 is 10.1 Å². The molecule has 0 radical (unpaired) electrons. The summed E-state index contributed by atoms with van der Waals surface area (Å²) in [6, 6.07) is 14.5. The van der Waals surface area contributed by atoms with E-state index in [2.05, 4.69) is 42.3 Å². The Labute approximate surface area is 127 Å². The Morgan fingerprint density at radius 3 is 2.52 bits per heavy atom. The Morgan fingerprint density at radius 1 is 1.10 bits per heavy atom. The second kappa shape index (κ2) is 7.79. The summed E-state index contributed by atoms with van der Waals surface area (Å²) in [5.41, 5.74) is 2.29. The van der Waals surface area contributed by atoms with E-state index in [4.69, 9.17) is 4.74 Å². The molecule has 1 heterocycles. The number of ether oxygens (including phenoxy) is 1. The van der Waals surface area contributed by atoms with Gasteiger partial charge in [0.1, 0.15) is 5.75 Å². The Kier molecular flexibility index (Phi) is 5.76. The van der Waals surface area contributed by atoms with Crippen LogP contribution in [0.3, 0.4) is 0 Å². The Bertz CT molecular complexity index is 542. The molecule has 0 amide bonds. The molecule has 0 aliphatic rings. The first-order valence-electron chi connectivity index (χ1n) is 7.64. The number of likely N-dealkylation sites (N-methyl/N-ethyl adjacent to an activating group) is 1. The molecule has 2 rings (SSSR count). The summed E-state index contributed by atoms with van der Waals surface area (Å²) in [6.07, 6.45) is 1.85. The zero-order valence-corrected chi connectivity index (χ0v) is 13.0. The predicted octanol–water partition coefficient (Wildman–Crippen LogP) is 3.93. The van der Waals surface area contributed by atoms with Gasteiger partial charge >= 0.3 is 0 Å². The molecule has 0 saturated carbocycles. The summed E-state index contributed by atoms with van der Waals surface area (Å²) in [7, 11) is 0. The van der Waals surface area contributed by atoms with Gasteiger partial charge in [-0.1, -0.05) is 38.1 Å². The fraction of sp³-hybridized carbons (Fsp3) is 0.389. The second-order valence-corrected chi connectivity index (χ2v) is 5.05. The molecule has 21 heavy (non-hydrogen) atoms. The molecule has 0 saturated heterocycles. The number of nitrogens with one attached hydrogen (secondary N) is 1. The average Bonchev–Trinajstić information content (AvgIpc) is 2.54. The molecule has 0 aliphatic heterocycles. The van der Waals surface area contributed by atoms with Gasteiger partial charge in [0.05, 0.1) is 6.61 Å². The Balaban J connectivity index is 2.35. The number of rotatable bonds is 7. The van der Waals surface area contributed by atoms with Crippen LogP contribution in [-0.2, 0) is 0 Å². The molecular formula is C18H24N2O. The molecule has 1 aromatic carbocycles.